The van der Waals surface area contributed by atoms with Gasteiger partial charge in [0.05, 0.1) is 37.0 Å². The molecule has 1 rings (SSSR count). The van der Waals surface area contributed by atoms with E-state index in [9.17, 15) is 15.3 Å². The molecular weight excluding hydrogens is 318 g/mol. The normalized spacial score (nSPS) is 27.7. The lowest BCUT2D eigenvalue weighted by Gasteiger charge is -2.22. The van der Waals surface area contributed by atoms with Crippen molar-refractivity contribution in [2.75, 3.05) is 6.61 Å². The number of hydrogen-bond acceptors (Lipinski definition) is 5. The summed E-state index contributed by atoms with van der Waals surface area (Å²) in [6.45, 7) is 2.01. The van der Waals surface area contributed by atoms with Crippen LogP contribution in [0.25, 0.3) is 0 Å². The van der Waals surface area contributed by atoms with Crippen LogP contribution >= 0.6 is 0 Å². The molecule has 5 heteroatoms. The zero-order valence-electron chi connectivity index (χ0n) is 16.1. The Labute approximate surface area is 153 Å². The third kappa shape index (κ3) is 8.83. The van der Waals surface area contributed by atoms with Gasteiger partial charge in [-0.2, -0.15) is 0 Å². The molecule has 0 amide bonds. The number of aliphatic hydroxyl groups excluding tert-OH is 4. The third-order valence-electron chi connectivity index (χ3n) is 5.50. The molecule has 25 heavy (non-hydrogen) atoms. The minimum Gasteiger partial charge on any atom is -0.395 e. The number of nitrogens with one attached hydrogen (secondary N) is 1. The van der Waals surface area contributed by atoms with Crippen LogP contribution in [0.4, 0.5) is 0 Å². The zero-order valence-corrected chi connectivity index (χ0v) is 16.1. The quantitative estimate of drug-likeness (QED) is 0.290. The van der Waals surface area contributed by atoms with Crippen molar-refractivity contribution in [1.29, 1.82) is 0 Å². The van der Waals surface area contributed by atoms with Gasteiger partial charge in [0.25, 0.3) is 0 Å². The second kappa shape index (κ2) is 13.9. The Morgan fingerprint density at radius 3 is 1.68 bits per heavy atom. The van der Waals surface area contributed by atoms with Crippen LogP contribution in [-0.4, -0.2) is 57.4 Å². The van der Waals surface area contributed by atoms with Gasteiger partial charge in [0.1, 0.15) is 0 Å². The molecule has 0 radical (unpaired) electrons. The Balaban J connectivity index is 1.94. The highest BCUT2D eigenvalue weighted by Crippen LogP contribution is 2.20. The largest absolute Gasteiger partial charge is 0.395 e. The molecule has 0 bridgehead atoms. The van der Waals surface area contributed by atoms with E-state index in [1.807, 2.05) is 0 Å². The summed E-state index contributed by atoms with van der Waals surface area (Å²) in [6.07, 6.45) is 13.3. The van der Waals surface area contributed by atoms with E-state index < -0.39 is 30.4 Å². The van der Waals surface area contributed by atoms with E-state index in [0.29, 0.717) is 6.42 Å². The van der Waals surface area contributed by atoms with E-state index in [1.165, 1.54) is 64.2 Å². The number of unbranched alkanes of at least 4 members (excludes halogenated alkanes) is 11. The highest BCUT2D eigenvalue weighted by Gasteiger charge is 2.43. The summed E-state index contributed by atoms with van der Waals surface area (Å²) in [6, 6.07) is -1.09. The molecule has 1 saturated heterocycles. The lowest BCUT2D eigenvalue weighted by Crippen LogP contribution is -2.44. The molecule has 1 heterocycles. The van der Waals surface area contributed by atoms with Crippen molar-refractivity contribution >= 4 is 0 Å². The third-order valence-corrected chi connectivity index (χ3v) is 5.50. The number of rotatable bonds is 15. The first-order chi connectivity index (χ1) is 12.1. The maximum atomic E-state index is 10.2. The Kier molecular flexibility index (Phi) is 12.7. The average Bonchev–Trinajstić information content (AvgIpc) is 2.90. The summed E-state index contributed by atoms with van der Waals surface area (Å²) in [5, 5.41) is 42.0. The zero-order chi connectivity index (χ0) is 18.5. The SMILES string of the molecule is CCCCCCCCCCCCCC[C@@H](O)[C@H]1N[C@H](CO)[C@@H](O)[C@@H]1O. The molecule has 0 spiro atoms. The van der Waals surface area contributed by atoms with Crippen LogP contribution in [0.1, 0.15) is 90.4 Å². The fraction of sp³-hybridized carbons (Fsp3) is 1.00. The molecule has 0 saturated carbocycles. The van der Waals surface area contributed by atoms with Gasteiger partial charge in [0.2, 0.25) is 0 Å². The fourth-order valence-corrected chi connectivity index (χ4v) is 3.77. The van der Waals surface area contributed by atoms with Crippen molar-refractivity contribution in [3.8, 4) is 0 Å². The second-order valence-electron chi connectivity index (χ2n) is 7.71. The van der Waals surface area contributed by atoms with Crippen LogP contribution in [0.5, 0.6) is 0 Å². The lowest BCUT2D eigenvalue weighted by molar-refractivity contribution is -0.00443. The molecule has 1 aliphatic rings. The standard InChI is InChI=1S/C20H41NO4/c1-2-3-4-5-6-7-8-9-10-11-12-13-14-17(23)18-20(25)19(24)16(15-22)21-18/h16-25H,2-15H2,1H3/t16-,17-,18-,19-,20-/m1/s1. The summed E-state index contributed by atoms with van der Waals surface area (Å²) >= 11 is 0. The smallest absolute Gasteiger partial charge is 0.0993 e. The van der Waals surface area contributed by atoms with Crippen molar-refractivity contribution < 1.29 is 20.4 Å². The Morgan fingerprint density at radius 2 is 1.24 bits per heavy atom. The lowest BCUT2D eigenvalue weighted by atomic mass is 9.98. The summed E-state index contributed by atoms with van der Waals surface area (Å²) < 4.78 is 0. The van der Waals surface area contributed by atoms with Gasteiger partial charge in [-0.3, -0.25) is 0 Å². The molecule has 0 aromatic heterocycles. The van der Waals surface area contributed by atoms with Crippen molar-refractivity contribution in [3.63, 3.8) is 0 Å². The molecule has 5 N–H and O–H groups in total. The summed E-state index contributed by atoms with van der Waals surface area (Å²) in [4.78, 5) is 0. The summed E-state index contributed by atoms with van der Waals surface area (Å²) in [5.41, 5.74) is 0. The van der Waals surface area contributed by atoms with E-state index in [2.05, 4.69) is 12.2 Å². The monoisotopic (exact) mass is 359 g/mol. The van der Waals surface area contributed by atoms with Gasteiger partial charge >= 0.3 is 0 Å². The Hall–Kier alpha value is -0.200. The van der Waals surface area contributed by atoms with Gasteiger partial charge in [0.15, 0.2) is 0 Å². The molecular formula is C20H41NO4. The predicted octanol–water partition coefficient (Wildman–Crippen LogP) is 2.49. The number of hydrogen-bond donors (Lipinski definition) is 5. The van der Waals surface area contributed by atoms with Crippen LogP contribution < -0.4 is 5.32 Å². The highest BCUT2D eigenvalue weighted by atomic mass is 16.3. The van der Waals surface area contributed by atoms with E-state index in [-0.39, 0.29) is 6.61 Å². The molecule has 1 fully saturated rings. The van der Waals surface area contributed by atoms with E-state index in [1.54, 1.807) is 0 Å². The molecule has 5 nitrogen and oxygen atoms in total. The number of aliphatic hydroxyl groups is 4. The van der Waals surface area contributed by atoms with Gasteiger partial charge in [-0.1, -0.05) is 84.0 Å². The first-order valence-electron chi connectivity index (χ1n) is 10.5. The van der Waals surface area contributed by atoms with Crippen molar-refractivity contribution in [2.45, 2.75) is 121 Å². The Bertz CT molecular complexity index is 316. The van der Waals surface area contributed by atoms with E-state index >= 15 is 0 Å². The molecule has 0 aromatic rings. The molecule has 150 valence electrons. The summed E-state index contributed by atoms with van der Waals surface area (Å²) in [5.74, 6) is 0. The fourth-order valence-electron chi connectivity index (χ4n) is 3.77. The molecule has 0 aromatic carbocycles. The predicted molar refractivity (Wildman–Crippen MR) is 102 cm³/mol. The minimum atomic E-state index is -1.01. The first-order valence-corrected chi connectivity index (χ1v) is 10.5. The highest BCUT2D eigenvalue weighted by molar-refractivity contribution is 5.00. The topological polar surface area (TPSA) is 93.0 Å². The van der Waals surface area contributed by atoms with E-state index in [0.717, 1.165) is 12.8 Å². The van der Waals surface area contributed by atoms with Gasteiger partial charge < -0.3 is 25.7 Å². The Morgan fingerprint density at radius 1 is 0.760 bits per heavy atom. The van der Waals surface area contributed by atoms with Gasteiger partial charge in [-0.15, -0.1) is 0 Å². The maximum absolute atomic E-state index is 10.2. The molecule has 1 aliphatic heterocycles. The van der Waals surface area contributed by atoms with Crippen LogP contribution in [0.3, 0.4) is 0 Å². The first kappa shape index (κ1) is 22.8. The van der Waals surface area contributed by atoms with E-state index in [4.69, 9.17) is 5.11 Å². The van der Waals surface area contributed by atoms with Gasteiger partial charge in [-0.25, -0.2) is 0 Å². The molecule has 0 aliphatic carbocycles. The van der Waals surface area contributed by atoms with Crippen LogP contribution in [0.15, 0.2) is 0 Å². The maximum Gasteiger partial charge on any atom is 0.0993 e. The minimum absolute atomic E-state index is 0.236. The van der Waals surface area contributed by atoms with Crippen LogP contribution in [-0.2, 0) is 0 Å². The molecule has 5 atom stereocenters. The van der Waals surface area contributed by atoms with Crippen molar-refractivity contribution in [1.82, 2.24) is 5.32 Å². The van der Waals surface area contributed by atoms with Crippen molar-refractivity contribution in [2.24, 2.45) is 0 Å². The second-order valence-corrected chi connectivity index (χ2v) is 7.71. The van der Waals surface area contributed by atoms with Gasteiger partial charge in [-0.05, 0) is 6.42 Å². The van der Waals surface area contributed by atoms with Crippen LogP contribution in [0, 0.1) is 0 Å². The van der Waals surface area contributed by atoms with Crippen molar-refractivity contribution in [3.05, 3.63) is 0 Å². The van der Waals surface area contributed by atoms with Gasteiger partial charge in [0, 0.05) is 0 Å². The van der Waals surface area contributed by atoms with Crippen LogP contribution in [0.2, 0.25) is 0 Å². The molecule has 0 unspecified atom stereocenters. The average molecular weight is 360 g/mol. The summed E-state index contributed by atoms with van der Waals surface area (Å²) in [7, 11) is 0.